The van der Waals surface area contributed by atoms with Crippen LogP contribution in [0.1, 0.15) is 5.56 Å². The van der Waals surface area contributed by atoms with Gasteiger partial charge in [0.15, 0.2) is 5.03 Å². The molecule has 0 aliphatic carbocycles. The molecule has 4 N–H and O–H groups in total. The molecule has 10 heteroatoms. The van der Waals surface area contributed by atoms with E-state index in [1.807, 2.05) is 4.72 Å². The molecule has 2 rings (SSSR count). The highest BCUT2D eigenvalue weighted by Crippen LogP contribution is 2.36. The quantitative estimate of drug-likeness (QED) is 0.753. The number of imidazole rings is 1. The second kappa shape index (κ2) is 4.71. The van der Waals surface area contributed by atoms with Crippen LogP contribution in [0.2, 0.25) is 0 Å². The maximum Gasteiger partial charge on any atom is 0.418 e. The van der Waals surface area contributed by atoms with Crippen LogP contribution in [-0.2, 0) is 16.2 Å². The number of aromatic nitrogens is 2. The summed E-state index contributed by atoms with van der Waals surface area (Å²) in [5.74, 6) is 0. The van der Waals surface area contributed by atoms with E-state index in [4.69, 9.17) is 5.73 Å². The van der Waals surface area contributed by atoms with Gasteiger partial charge in [-0.3, -0.25) is 4.72 Å². The molecule has 0 saturated carbocycles. The molecule has 1 heterocycles. The summed E-state index contributed by atoms with van der Waals surface area (Å²) in [5, 5.41) is -0.345. The van der Waals surface area contributed by atoms with Gasteiger partial charge in [0, 0.05) is 5.69 Å². The predicted molar refractivity (Wildman–Crippen MR) is 65.3 cm³/mol. The lowest BCUT2D eigenvalue weighted by atomic mass is 10.1. The lowest BCUT2D eigenvalue weighted by molar-refractivity contribution is -0.136. The third-order valence-electron chi connectivity index (χ3n) is 2.36. The van der Waals surface area contributed by atoms with Crippen molar-refractivity contribution in [2.75, 3.05) is 10.5 Å². The molecule has 0 atom stereocenters. The minimum absolute atomic E-state index is 0.123. The molecule has 0 fully saturated rings. The molecule has 0 radical (unpaired) electrons. The summed E-state index contributed by atoms with van der Waals surface area (Å²) in [7, 11) is -4.17. The first-order valence-electron chi connectivity index (χ1n) is 5.18. The molecule has 1 aromatic heterocycles. The van der Waals surface area contributed by atoms with Gasteiger partial charge in [0.25, 0.3) is 10.0 Å². The normalized spacial score (nSPS) is 12.3. The summed E-state index contributed by atoms with van der Waals surface area (Å²) >= 11 is 0. The van der Waals surface area contributed by atoms with Gasteiger partial charge in [-0.05, 0) is 18.2 Å². The van der Waals surface area contributed by atoms with Gasteiger partial charge < -0.3 is 10.7 Å². The summed E-state index contributed by atoms with van der Waals surface area (Å²) in [6.45, 7) is 0. The molecule has 2 aromatic rings. The molecule has 1 aromatic carbocycles. The van der Waals surface area contributed by atoms with Gasteiger partial charge in [-0.25, -0.2) is 4.98 Å². The number of benzene rings is 1. The van der Waals surface area contributed by atoms with E-state index in [0.29, 0.717) is 6.07 Å². The molecule has 20 heavy (non-hydrogen) atoms. The van der Waals surface area contributed by atoms with E-state index < -0.39 is 27.5 Å². The minimum atomic E-state index is -4.73. The number of anilines is 2. The van der Waals surface area contributed by atoms with E-state index in [0.717, 1.165) is 18.6 Å². The van der Waals surface area contributed by atoms with Crippen molar-refractivity contribution in [3.63, 3.8) is 0 Å². The van der Waals surface area contributed by atoms with Crippen LogP contribution >= 0.6 is 0 Å². The van der Waals surface area contributed by atoms with E-state index in [9.17, 15) is 21.6 Å². The van der Waals surface area contributed by atoms with Crippen molar-refractivity contribution in [3.8, 4) is 0 Å². The van der Waals surface area contributed by atoms with Gasteiger partial charge in [-0.15, -0.1) is 0 Å². The number of rotatable bonds is 3. The van der Waals surface area contributed by atoms with Crippen LogP contribution in [0.15, 0.2) is 35.7 Å². The van der Waals surface area contributed by atoms with Crippen LogP contribution in [-0.4, -0.2) is 18.4 Å². The zero-order valence-corrected chi connectivity index (χ0v) is 10.6. The Morgan fingerprint density at radius 1 is 1.30 bits per heavy atom. The van der Waals surface area contributed by atoms with Crippen LogP contribution < -0.4 is 10.5 Å². The Kier molecular flexibility index (Phi) is 3.34. The molecule has 0 bridgehead atoms. The first kappa shape index (κ1) is 14.2. The second-order valence-corrected chi connectivity index (χ2v) is 5.47. The highest BCUT2D eigenvalue weighted by molar-refractivity contribution is 7.92. The maximum absolute atomic E-state index is 12.8. The Morgan fingerprint density at radius 2 is 2.00 bits per heavy atom. The number of nitrogens with zero attached hydrogens (tertiary/aromatic N) is 1. The molecule has 6 nitrogen and oxygen atoms in total. The zero-order valence-electron chi connectivity index (χ0n) is 9.77. The highest BCUT2D eigenvalue weighted by atomic mass is 32.2. The lowest BCUT2D eigenvalue weighted by Gasteiger charge is -2.14. The standard InChI is InChI=1S/C10H9F3N4O2S/c11-10(12,13)7-3-6(14)1-2-8(7)17-20(18,19)9-4-15-5-16-9/h1-5,17H,14H2,(H,15,16). The SMILES string of the molecule is Nc1ccc(NS(=O)(=O)c2cnc[nH]2)c(C(F)(F)F)c1. The summed E-state index contributed by atoms with van der Waals surface area (Å²) in [6.07, 6.45) is -2.66. The number of nitrogens with two attached hydrogens (primary N) is 1. The van der Waals surface area contributed by atoms with Gasteiger partial charge in [-0.2, -0.15) is 21.6 Å². The number of H-pyrrole nitrogens is 1. The second-order valence-electron chi connectivity index (χ2n) is 3.82. The van der Waals surface area contributed by atoms with Gasteiger partial charge in [0.05, 0.1) is 23.8 Å². The third-order valence-corrected chi connectivity index (χ3v) is 3.65. The van der Waals surface area contributed by atoms with Crippen LogP contribution in [0.5, 0.6) is 0 Å². The Morgan fingerprint density at radius 3 is 2.55 bits per heavy atom. The number of hydrogen-bond acceptors (Lipinski definition) is 4. The van der Waals surface area contributed by atoms with Crippen molar-refractivity contribution in [1.29, 1.82) is 0 Å². The lowest BCUT2D eigenvalue weighted by Crippen LogP contribution is -2.17. The van der Waals surface area contributed by atoms with Gasteiger partial charge in [0.2, 0.25) is 0 Å². The first-order valence-corrected chi connectivity index (χ1v) is 6.66. The van der Waals surface area contributed by atoms with Crippen molar-refractivity contribution >= 4 is 21.4 Å². The molecule has 0 unspecified atom stereocenters. The number of hydrogen-bond donors (Lipinski definition) is 3. The molecular formula is C10H9F3N4O2S. The fraction of sp³-hybridized carbons (Fsp3) is 0.100. The Bertz CT molecular complexity index is 711. The first-order chi connectivity index (χ1) is 9.20. The molecule has 0 saturated heterocycles. The van der Waals surface area contributed by atoms with Crippen LogP contribution in [0.3, 0.4) is 0 Å². The average molecular weight is 306 g/mol. The molecule has 0 aliphatic rings. The summed E-state index contributed by atoms with van der Waals surface area (Å²) in [6, 6.07) is 2.77. The molecule has 108 valence electrons. The number of nitrogens with one attached hydrogen (secondary N) is 2. The molecule has 0 amide bonds. The van der Waals surface area contributed by atoms with Crippen LogP contribution in [0.4, 0.5) is 24.5 Å². The van der Waals surface area contributed by atoms with E-state index in [1.54, 1.807) is 0 Å². The summed E-state index contributed by atoms with van der Waals surface area (Å²) in [5.41, 5.74) is 3.39. The van der Waals surface area contributed by atoms with Gasteiger partial charge in [0.1, 0.15) is 0 Å². The van der Waals surface area contributed by atoms with E-state index in [2.05, 4.69) is 9.97 Å². The summed E-state index contributed by atoms with van der Waals surface area (Å²) < 4.78 is 64.0. The fourth-order valence-corrected chi connectivity index (χ4v) is 2.46. The monoisotopic (exact) mass is 306 g/mol. The number of nitrogen functional groups attached to an aromatic ring is 1. The largest absolute Gasteiger partial charge is 0.418 e. The smallest absolute Gasteiger partial charge is 0.399 e. The average Bonchev–Trinajstić information content (AvgIpc) is 2.84. The fourth-order valence-electron chi connectivity index (χ4n) is 1.48. The maximum atomic E-state index is 12.8. The van der Waals surface area contributed by atoms with E-state index in [-0.39, 0.29) is 10.7 Å². The molecule has 0 aliphatic heterocycles. The number of alkyl halides is 3. The van der Waals surface area contributed by atoms with E-state index >= 15 is 0 Å². The number of halogens is 3. The van der Waals surface area contributed by atoms with Crippen molar-refractivity contribution in [3.05, 3.63) is 36.3 Å². The van der Waals surface area contributed by atoms with Crippen LogP contribution in [0.25, 0.3) is 0 Å². The Hall–Kier alpha value is -2.23. The number of sulfonamides is 1. The molecule has 0 spiro atoms. The van der Waals surface area contributed by atoms with Crippen molar-refractivity contribution in [1.82, 2.24) is 9.97 Å². The Labute approximate surface area is 111 Å². The minimum Gasteiger partial charge on any atom is -0.399 e. The third kappa shape index (κ3) is 2.85. The number of aromatic amines is 1. The van der Waals surface area contributed by atoms with Crippen molar-refractivity contribution in [2.45, 2.75) is 11.2 Å². The highest BCUT2D eigenvalue weighted by Gasteiger charge is 2.35. The van der Waals surface area contributed by atoms with Crippen LogP contribution in [0, 0.1) is 0 Å². The van der Waals surface area contributed by atoms with E-state index in [1.165, 1.54) is 6.07 Å². The van der Waals surface area contributed by atoms with Crippen molar-refractivity contribution < 1.29 is 21.6 Å². The van der Waals surface area contributed by atoms with Gasteiger partial charge >= 0.3 is 6.18 Å². The van der Waals surface area contributed by atoms with Crippen molar-refractivity contribution in [2.24, 2.45) is 0 Å². The predicted octanol–water partition coefficient (Wildman–Crippen LogP) is 1.81. The summed E-state index contributed by atoms with van der Waals surface area (Å²) in [4.78, 5) is 5.80. The zero-order chi connectivity index (χ0) is 15.0. The molecular weight excluding hydrogens is 297 g/mol. The topological polar surface area (TPSA) is 101 Å². The van der Waals surface area contributed by atoms with Gasteiger partial charge in [-0.1, -0.05) is 0 Å². The Balaban J connectivity index is 2.45.